The fourth-order valence-electron chi connectivity index (χ4n) is 2.62. The van der Waals surface area contributed by atoms with Gasteiger partial charge in [0.25, 0.3) is 5.69 Å². The summed E-state index contributed by atoms with van der Waals surface area (Å²) >= 11 is 0. The third-order valence-corrected chi connectivity index (χ3v) is 3.76. The molecule has 1 aromatic rings. The second kappa shape index (κ2) is 6.59. The maximum Gasteiger partial charge on any atom is 0.410 e. The van der Waals surface area contributed by atoms with E-state index in [1.165, 1.54) is 17.9 Å². The molecule has 1 amide bonds. The van der Waals surface area contributed by atoms with Crippen LogP contribution >= 0.6 is 0 Å². The number of hydrogen-bond donors (Lipinski definition) is 0. The van der Waals surface area contributed by atoms with Crippen LogP contribution in [0, 0.1) is 22.9 Å². The van der Waals surface area contributed by atoms with Crippen LogP contribution in [0.5, 0.6) is 0 Å². The first-order valence-electron chi connectivity index (χ1n) is 7.71. The summed E-state index contributed by atoms with van der Waals surface area (Å²) in [5, 5.41) is 11.2. The Morgan fingerprint density at radius 1 is 1.38 bits per heavy atom. The number of hydrogen-bond acceptors (Lipinski definition) is 4. The highest BCUT2D eigenvalue weighted by atomic mass is 19.1. The van der Waals surface area contributed by atoms with Crippen molar-refractivity contribution in [3.63, 3.8) is 0 Å². The summed E-state index contributed by atoms with van der Waals surface area (Å²) in [6.07, 6.45) is 1.70. The Morgan fingerprint density at radius 2 is 2.04 bits per heavy atom. The molecule has 24 heavy (non-hydrogen) atoms. The van der Waals surface area contributed by atoms with Gasteiger partial charge in [-0.3, -0.25) is 10.1 Å². The number of halogens is 1. The van der Waals surface area contributed by atoms with Gasteiger partial charge in [-0.25, -0.2) is 9.18 Å². The quantitative estimate of drug-likeness (QED) is 0.603. The van der Waals surface area contributed by atoms with Crippen LogP contribution in [-0.4, -0.2) is 34.6 Å². The molecule has 0 saturated carbocycles. The lowest BCUT2D eigenvalue weighted by Crippen LogP contribution is -2.39. The Balaban J connectivity index is 2.26. The molecule has 1 heterocycles. The Morgan fingerprint density at radius 3 is 2.54 bits per heavy atom. The van der Waals surface area contributed by atoms with E-state index in [2.05, 4.69) is 0 Å². The standard InChI is InChI=1S/C17H21FN2O4/c1-11-13(18)5-6-14(20(22)23)15(11)12-7-9-19(10-8-12)16(21)24-17(2,3)4/h5-7H,8-10H2,1-4H3. The zero-order valence-corrected chi connectivity index (χ0v) is 14.3. The van der Waals surface area contributed by atoms with Crippen molar-refractivity contribution in [3.05, 3.63) is 45.3 Å². The molecule has 0 spiro atoms. The summed E-state index contributed by atoms with van der Waals surface area (Å²) in [5.41, 5.74) is 0.535. The van der Waals surface area contributed by atoms with Crippen LogP contribution in [0.1, 0.15) is 38.3 Å². The molecule has 0 saturated heterocycles. The average Bonchev–Trinajstić information content (AvgIpc) is 2.48. The molecular weight excluding hydrogens is 315 g/mol. The predicted molar refractivity (Wildman–Crippen MR) is 88.2 cm³/mol. The summed E-state index contributed by atoms with van der Waals surface area (Å²) in [6, 6.07) is 2.28. The Hall–Kier alpha value is -2.44. The van der Waals surface area contributed by atoms with E-state index < -0.39 is 22.4 Å². The number of nitro benzene ring substituents is 1. The van der Waals surface area contributed by atoms with Crippen molar-refractivity contribution < 1.29 is 18.8 Å². The summed E-state index contributed by atoms with van der Waals surface area (Å²) in [7, 11) is 0. The molecule has 7 heteroatoms. The van der Waals surface area contributed by atoms with Gasteiger partial charge in [0.2, 0.25) is 0 Å². The van der Waals surface area contributed by atoms with Gasteiger partial charge in [0.15, 0.2) is 0 Å². The number of ether oxygens (including phenoxy) is 1. The van der Waals surface area contributed by atoms with Crippen LogP contribution < -0.4 is 0 Å². The first-order chi connectivity index (χ1) is 11.1. The van der Waals surface area contributed by atoms with Gasteiger partial charge in [-0.15, -0.1) is 0 Å². The molecule has 1 aromatic carbocycles. The van der Waals surface area contributed by atoms with Crippen LogP contribution in [0.4, 0.5) is 14.9 Å². The molecule has 1 aliphatic rings. The molecule has 0 unspecified atom stereocenters. The van der Waals surface area contributed by atoms with Crippen molar-refractivity contribution in [2.75, 3.05) is 13.1 Å². The van der Waals surface area contributed by atoms with Crippen molar-refractivity contribution >= 4 is 17.4 Å². The van der Waals surface area contributed by atoms with Crippen molar-refractivity contribution in [2.45, 2.75) is 39.7 Å². The minimum atomic E-state index is -0.584. The maximum atomic E-state index is 13.8. The summed E-state index contributed by atoms with van der Waals surface area (Å²) in [6.45, 7) is 7.53. The van der Waals surface area contributed by atoms with E-state index in [-0.39, 0.29) is 17.8 Å². The van der Waals surface area contributed by atoms with Gasteiger partial charge in [0.1, 0.15) is 11.4 Å². The number of nitro groups is 1. The molecule has 0 atom stereocenters. The van der Waals surface area contributed by atoms with E-state index >= 15 is 0 Å². The fourth-order valence-corrected chi connectivity index (χ4v) is 2.62. The summed E-state index contributed by atoms with van der Waals surface area (Å²) in [4.78, 5) is 24.3. The van der Waals surface area contributed by atoms with Crippen molar-refractivity contribution in [2.24, 2.45) is 0 Å². The van der Waals surface area contributed by atoms with Gasteiger partial charge in [-0.1, -0.05) is 6.08 Å². The van der Waals surface area contributed by atoms with Crippen LogP contribution in [0.2, 0.25) is 0 Å². The Labute approximate surface area is 140 Å². The molecular formula is C17H21FN2O4. The lowest BCUT2D eigenvalue weighted by Gasteiger charge is -2.29. The molecule has 0 bridgehead atoms. The number of amides is 1. The molecule has 1 aliphatic heterocycles. The first kappa shape index (κ1) is 17.9. The van der Waals surface area contributed by atoms with E-state index in [1.807, 2.05) is 0 Å². The average molecular weight is 336 g/mol. The third-order valence-electron chi connectivity index (χ3n) is 3.76. The van der Waals surface area contributed by atoms with Crippen LogP contribution in [0.3, 0.4) is 0 Å². The molecule has 0 fully saturated rings. The van der Waals surface area contributed by atoms with Crippen molar-refractivity contribution in [1.82, 2.24) is 4.90 Å². The largest absolute Gasteiger partial charge is 0.444 e. The van der Waals surface area contributed by atoms with Crippen molar-refractivity contribution in [1.29, 1.82) is 0 Å². The topological polar surface area (TPSA) is 72.7 Å². The monoisotopic (exact) mass is 336 g/mol. The van der Waals surface area contributed by atoms with Gasteiger partial charge in [0, 0.05) is 19.2 Å². The SMILES string of the molecule is Cc1c(F)ccc([N+](=O)[O-])c1C1=CCN(C(=O)OC(C)(C)C)CC1. The van der Waals surface area contributed by atoms with Crippen LogP contribution in [0.25, 0.3) is 5.57 Å². The minimum absolute atomic E-state index is 0.120. The van der Waals surface area contributed by atoms with Crippen molar-refractivity contribution in [3.8, 4) is 0 Å². The molecule has 2 rings (SSSR count). The molecule has 0 N–H and O–H groups in total. The number of nitrogens with zero attached hydrogens (tertiary/aromatic N) is 2. The molecule has 6 nitrogen and oxygen atoms in total. The lowest BCUT2D eigenvalue weighted by molar-refractivity contribution is -0.385. The molecule has 130 valence electrons. The number of rotatable bonds is 2. The first-order valence-corrected chi connectivity index (χ1v) is 7.71. The number of carbonyl (C=O) groups is 1. The zero-order chi connectivity index (χ0) is 18.1. The highest BCUT2D eigenvalue weighted by molar-refractivity contribution is 5.78. The number of carbonyl (C=O) groups excluding carboxylic acids is 1. The predicted octanol–water partition coefficient (Wildman–Crippen LogP) is 4.07. The summed E-state index contributed by atoms with van der Waals surface area (Å²) in [5.74, 6) is -0.480. The van der Waals surface area contributed by atoms with Gasteiger partial charge in [-0.2, -0.15) is 0 Å². The highest BCUT2D eigenvalue weighted by Gasteiger charge is 2.27. The third kappa shape index (κ3) is 3.90. The minimum Gasteiger partial charge on any atom is -0.444 e. The van der Waals surface area contributed by atoms with E-state index in [0.717, 1.165) is 6.07 Å². The van der Waals surface area contributed by atoms with E-state index in [9.17, 15) is 19.3 Å². The zero-order valence-electron chi connectivity index (χ0n) is 14.3. The van der Waals surface area contributed by atoms with Gasteiger partial charge in [0.05, 0.1) is 10.5 Å². The summed E-state index contributed by atoms with van der Waals surface area (Å²) < 4.78 is 19.1. The highest BCUT2D eigenvalue weighted by Crippen LogP contribution is 2.34. The fraction of sp³-hybridized carbons (Fsp3) is 0.471. The van der Waals surface area contributed by atoms with Gasteiger partial charge in [-0.05, 0) is 51.3 Å². The maximum absolute atomic E-state index is 13.8. The Bertz CT molecular complexity index is 707. The Kier molecular flexibility index (Phi) is 4.91. The smallest absolute Gasteiger partial charge is 0.410 e. The van der Waals surface area contributed by atoms with Crippen LogP contribution in [0.15, 0.2) is 18.2 Å². The molecule has 0 aromatic heterocycles. The van der Waals surface area contributed by atoms with Gasteiger partial charge < -0.3 is 9.64 Å². The lowest BCUT2D eigenvalue weighted by atomic mass is 9.93. The van der Waals surface area contributed by atoms with Crippen LogP contribution in [-0.2, 0) is 4.74 Å². The molecule has 0 aliphatic carbocycles. The van der Waals surface area contributed by atoms with E-state index in [0.29, 0.717) is 24.1 Å². The normalized spacial score (nSPS) is 15.0. The van der Waals surface area contributed by atoms with E-state index in [1.54, 1.807) is 26.8 Å². The van der Waals surface area contributed by atoms with Gasteiger partial charge >= 0.3 is 6.09 Å². The number of benzene rings is 1. The second-order valence-electron chi connectivity index (χ2n) is 6.73. The molecule has 0 radical (unpaired) electrons. The second-order valence-corrected chi connectivity index (χ2v) is 6.73. The van der Waals surface area contributed by atoms with E-state index in [4.69, 9.17) is 4.74 Å².